The number of carbonyl (C=O) groups excluding carboxylic acids is 1. The minimum atomic E-state index is -4.23. The average Bonchev–Trinajstić information content (AvgIpc) is 2.06. The molecule has 0 radical (unpaired) electrons. The number of hydrogen-bond donors (Lipinski definition) is 1. The number of benzene rings is 1. The summed E-state index contributed by atoms with van der Waals surface area (Å²) in [5, 5.41) is -0.179. The first kappa shape index (κ1) is 13.0. The van der Waals surface area contributed by atoms with E-state index in [1.165, 1.54) is 4.72 Å². The predicted octanol–water partition coefficient (Wildman–Crippen LogP) is 2.05. The summed E-state index contributed by atoms with van der Waals surface area (Å²) in [7, 11) is 0.493. The van der Waals surface area contributed by atoms with Crippen molar-refractivity contribution in [1.29, 1.82) is 0 Å². The van der Waals surface area contributed by atoms with E-state index >= 15 is 0 Å². The molecule has 0 unspecified atom stereocenters. The second-order valence-corrected chi connectivity index (χ2v) is 5.21. The van der Waals surface area contributed by atoms with Crippen LogP contribution < -0.4 is 9.46 Å². The van der Waals surface area contributed by atoms with Gasteiger partial charge in [-0.2, -0.15) is 8.42 Å². The van der Waals surface area contributed by atoms with Gasteiger partial charge in [0.1, 0.15) is 5.82 Å². The largest absolute Gasteiger partial charge is 0.427 e. The van der Waals surface area contributed by atoms with Crippen molar-refractivity contribution >= 4 is 37.6 Å². The number of nitrogens with one attached hydrogen (secondary N) is 1. The highest BCUT2D eigenvalue weighted by atomic mass is 35.7. The molecule has 0 aliphatic heterocycles. The van der Waals surface area contributed by atoms with E-state index in [4.69, 9.17) is 22.3 Å². The molecule has 1 rings (SSSR count). The maximum Gasteiger partial charge on any atom is 0.427 e. The fourth-order valence-electron chi connectivity index (χ4n) is 0.778. The maximum atomic E-state index is 12.6. The van der Waals surface area contributed by atoms with Crippen molar-refractivity contribution in [2.45, 2.75) is 0 Å². The molecule has 1 amide bonds. The number of carbonyl (C=O) groups is 1. The van der Waals surface area contributed by atoms with Gasteiger partial charge in [0.15, 0.2) is 5.75 Å². The van der Waals surface area contributed by atoms with Crippen molar-refractivity contribution < 1.29 is 22.3 Å². The number of ether oxygens (including phenoxy) is 1. The Morgan fingerprint density at radius 3 is 2.56 bits per heavy atom. The third-order valence-corrected chi connectivity index (χ3v) is 2.24. The lowest BCUT2D eigenvalue weighted by atomic mass is 10.3. The Morgan fingerprint density at radius 1 is 1.44 bits per heavy atom. The summed E-state index contributed by atoms with van der Waals surface area (Å²) in [5.74, 6) is -0.816. The Hall–Kier alpha value is -1.05. The SMILES string of the molecule is O=C(NS(=O)(=O)Cl)Oc1ccc(F)cc1Cl. The summed E-state index contributed by atoms with van der Waals surface area (Å²) in [6, 6.07) is 2.96. The molecule has 0 aliphatic rings. The van der Waals surface area contributed by atoms with Crippen LogP contribution in [0.5, 0.6) is 5.75 Å². The molecular formula is C7H4Cl2FNO4S. The topological polar surface area (TPSA) is 72.5 Å². The highest BCUT2D eigenvalue weighted by Gasteiger charge is 2.14. The molecule has 1 aromatic rings. The second kappa shape index (κ2) is 4.86. The molecule has 0 saturated heterocycles. The lowest BCUT2D eigenvalue weighted by Gasteiger charge is -2.05. The van der Waals surface area contributed by atoms with Crippen LogP contribution in [0.1, 0.15) is 0 Å². The molecule has 9 heteroatoms. The van der Waals surface area contributed by atoms with Crippen molar-refractivity contribution in [2.75, 3.05) is 0 Å². The standard InChI is InChI=1S/C7H4Cl2FNO4S/c8-5-3-4(10)1-2-6(5)15-7(12)11-16(9,13)14/h1-3H,(H,11,12). The van der Waals surface area contributed by atoms with Crippen molar-refractivity contribution in [3.05, 3.63) is 29.0 Å². The Labute approximate surface area is 99.7 Å². The first-order valence-corrected chi connectivity index (χ1v) is 6.36. The Kier molecular flexibility index (Phi) is 3.95. The van der Waals surface area contributed by atoms with Gasteiger partial charge in [0.05, 0.1) is 5.02 Å². The number of amides is 1. The fourth-order valence-corrected chi connectivity index (χ4v) is 1.41. The molecule has 0 spiro atoms. The highest BCUT2D eigenvalue weighted by Crippen LogP contribution is 2.24. The van der Waals surface area contributed by atoms with Crippen LogP contribution in [0.4, 0.5) is 9.18 Å². The van der Waals surface area contributed by atoms with Gasteiger partial charge >= 0.3 is 15.3 Å². The second-order valence-electron chi connectivity index (χ2n) is 2.50. The van der Waals surface area contributed by atoms with Crippen LogP contribution in [-0.4, -0.2) is 14.5 Å². The van der Waals surface area contributed by atoms with Crippen LogP contribution in [0, 0.1) is 5.82 Å². The monoisotopic (exact) mass is 287 g/mol. The maximum absolute atomic E-state index is 12.6. The van der Waals surface area contributed by atoms with Crippen molar-refractivity contribution in [3.8, 4) is 5.75 Å². The molecule has 1 N–H and O–H groups in total. The third kappa shape index (κ3) is 4.21. The van der Waals surface area contributed by atoms with Crippen LogP contribution in [0.15, 0.2) is 18.2 Å². The van der Waals surface area contributed by atoms with Crippen molar-refractivity contribution in [3.63, 3.8) is 0 Å². The normalized spacial score (nSPS) is 10.9. The summed E-state index contributed by atoms with van der Waals surface area (Å²) < 4.78 is 39.3. The van der Waals surface area contributed by atoms with Gasteiger partial charge in [-0.25, -0.2) is 13.9 Å². The van der Waals surface area contributed by atoms with E-state index < -0.39 is 21.1 Å². The van der Waals surface area contributed by atoms with E-state index in [2.05, 4.69) is 4.74 Å². The van der Waals surface area contributed by atoms with Crippen LogP contribution in [0.3, 0.4) is 0 Å². The van der Waals surface area contributed by atoms with Crippen LogP contribution >= 0.6 is 22.3 Å². The van der Waals surface area contributed by atoms with Gasteiger partial charge in [0.25, 0.3) is 0 Å². The summed E-state index contributed by atoms with van der Waals surface area (Å²) >= 11 is 5.52. The molecule has 1 aromatic carbocycles. The molecule has 0 atom stereocenters. The first-order valence-electron chi connectivity index (χ1n) is 3.67. The summed E-state index contributed by atoms with van der Waals surface area (Å²) in [5.41, 5.74) is 0. The molecule has 16 heavy (non-hydrogen) atoms. The number of hydrogen-bond acceptors (Lipinski definition) is 4. The van der Waals surface area contributed by atoms with Crippen molar-refractivity contribution in [2.24, 2.45) is 0 Å². The lowest BCUT2D eigenvalue weighted by molar-refractivity contribution is 0.207. The molecule has 88 valence electrons. The van der Waals surface area contributed by atoms with E-state index in [0.717, 1.165) is 18.2 Å². The minimum absolute atomic E-state index is 0.179. The van der Waals surface area contributed by atoms with Gasteiger partial charge in [-0.1, -0.05) is 11.6 Å². The van der Waals surface area contributed by atoms with Crippen LogP contribution in [0.2, 0.25) is 5.02 Å². The molecule has 5 nitrogen and oxygen atoms in total. The smallest absolute Gasteiger partial charge is 0.408 e. The summed E-state index contributed by atoms with van der Waals surface area (Å²) in [4.78, 5) is 10.9. The van der Waals surface area contributed by atoms with E-state index in [9.17, 15) is 17.6 Å². The molecule has 0 fully saturated rings. The number of halogens is 3. The Morgan fingerprint density at radius 2 is 2.06 bits per heavy atom. The Balaban J connectivity index is 2.78. The van der Waals surface area contributed by atoms with E-state index in [0.29, 0.717) is 0 Å². The van der Waals surface area contributed by atoms with E-state index in [1.807, 2.05) is 0 Å². The molecule has 0 bridgehead atoms. The zero-order valence-corrected chi connectivity index (χ0v) is 9.74. The highest BCUT2D eigenvalue weighted by molar-refractivity contribution is 8.12. The molecule has 0 saturated carbocycles. The van der Waals surface area contributed by atoms with Gasteiger partial charge in [-0.05, 0) is 18.2 Å². The molecule has 0 aliphatic carbocycles. The van der Waals surface area contributed by atoms with Crippen LogP contribution in [0.25, 0.3) is 0 Å². The first-order chi connectivity index (χ1) is 7.28. The quantitative estimate of drug-likeness (QED) is 0.845. The van der Waals surface area contributed by atoms with Gasteiger partial charge in [0.2, 0.25) is 0 Å². The third-order valence-electron chi connectivity index (χ3n) is 1.30. The van der Waals surface area contributed by atoms with E-state index in [-0.39, 0.29) is 10.8 Å². The number of rotatable bonds is 2. The zero-order valence-electron chi connectivity index (χ0n) is 7.41. The van der Waals surface area contributed by atoms with Crippen LogP contribution in [-0.2, 0) is 9.24 Å². The zero-order chi connectivity index (χ0) is 12.3. The predicted molar refractivity (Wildman–Crippen MR) is 55.3 cm³/mol. The van der Waals surface area contributed by atoms with E-state index in [1.54, 1.807) is 0 Å². The van der Waals surface area contributed by atoms with Gasteiger partial charge < -0.3 is 4.74 Å². The Bertz CT molecular complexity index is 519. The minimum Gasteiger partial charge on any atom is -0.408 e. The average molecular weight is 288 g/mol. The molecule has 0 aromatic heterocycles. The summed E-state index contributed by atoms with van der Waals surface area (Å²) in [6.45, 7) is 0. The fraction of sp³-hybridized carbons (Fsp3) is 0. The van der Waals surface area contributed by atoms with Crippen molar-refractivity contribution in [1.82, 2.24) is 4.72 Å². The van der Waals surface area contributed by atoms with Gasteiger partial charge in [-0.15, -0.1) is 0 Å². The molecule has 0 heterocycles. The summed E-state index contributed by atoms with van der Waals surface area (Å²) in [6.07, 6.45) is -1.34. The van der Waals surface area contributed by atoms with Gasteiger partial charge in [0, 0.05) is 10.7 Å². The van der Waals surface area contributed by atoms with Gasteiger partial charge in [-0.3, -0.25) is 0 Å². The lowest BCUT2D eigenvalue weighted by Crippen LogP contribution is -2.29. The molecular weight excluding hydrogens is 284 g/mol.